The average Bonchev–Trinajstić information content (AvgIpc) is 3.05. The van der Waals surface area contributed by atoms with Gasteiger partial charge in [-0.05, 0) is 77.9 Å². The summed E-state index contributed by atoms with van der Waals surface area (Å²) in [5.74, 6) is -1.70. The summed E-state index contributed by atoms with van der Waals surface area (Å²) in [5, 5.41) is 8.82. The molecule has 3 amide bonds. The van der Waals surface area contributed by atoms with Gasteiger partial charge in [0.2, 0.25) is 5.91 Å². The highest BCUT2D eigenvalue weighted by Crippen LogP contribution is 2.37. The van der Waals surface area contributed by atoms with E-state index in [1.807, 2.05) is 42.5 Å². The number of hydrogen-bond donors (Lipinski definition) is 3. The molecule has 0 radical (unpaired) electrons. The van der Waals surface area contributed by atoms with Gasteiger partial charge < -0.3 is 16.0 Å². The zero-order valence-electron chi connectivity index (χ0n) is 24.8. The number of carbonyl (C=O) groups is 3. The van der Waals surface area contributed by atoms with Crippen molar-refractivity contribution >= 4 is 69.3 Å². The first-order valence-corrected chi connectivity index (χ1v) is 15.6. The molecule has 0 heterocycles. The summed E-state index contributed by atoms with van der Waals surface area (Å²) in [6, 6.07) is 31.6. The topological polar surface area (TPSA) is 87.3 Å². The molecule has 47 heavy (non-hydrogen) atoms. The molecule has 1 unspecified atom stereocenters. The normalized spacial score (nSPS) is 12.3. The number of fused-ring (bicyclic) bond motifs is 1. The first-order chi connectivity index (χ1) is 22.5. The minimum atomic E-state index is -4.71. The van der Waals surface area contributed by atoms with Gasteiger partial charge in [-0.1, -0.05) is 78.3 Å². The van der Waals surface area contributed by atoms with Crippen LogP contribution in [0.5, 0.6) is 0 Å². The Morgan fingerprint density at radius 2 is 1.51 bits per heavy atom. The summed E-state index contributed by atoms with van der Waals surface area (Å²) in [6.07, 6.45) is -3.10. The van der Waals surface area contributed by atoms with E-state index in [0.717, 1.165) is 40.2 Å². The van der Waals surface area contributed by atoms with Crippen LogP contribution in [0.3, 0.4) is 0 Å². The van der Waals surface area contributed by atoms with E-state index in [2.05, 4.69) is 16.0 Å². The third-order valence-electron chi connectivity index (χ3n) is 6.97. The molecule has 238 valence electrons. The van der Waals surface area contributed by atoms with Crippen LogP contribution in [0.25, 0.3) is 16.8 Å². The number of hydrogen-bond acceptors (Lipinski definition) is 4. The molecule has 0 saturated heterocycles. The van der Waals surface area contributed by atoms with Gasteiger partial charge >= 0.3 is 6.18 Å². The van der Waals surface area contributed by atoms with Gasteiger partial charge in [0.05, 0.1) is 16.5 Å². The molecule has 0 saturated carbocycles. The molecule has 5 aromatic rings. The van der Waals surface area contributed by atoms with E-state index in [1.54, 1.807) is 67.6 Å². The van der Waals surface area contributed by atoms with Gasteiger partial charge in [-0.15, -0.1) is 11.8 Å². The highest BCUT2D eigenvalue weighted by atomic mass is 35.5. The Bertz CT molecular complexity index is 1980. The third-order valence-corrected chi connectivity index (χ3v) is 8.30. The van der Waals surface area contributed by atoms with Crippen LogP contribution in [0.1, 0.15) is 28.4 Å². The molecule has 3 N–H and O–H groups in total. The zero-order valence-corrected chi connectivity index (χ0v) is 26.3. The van der Waals surface area contributed by atoms with Crippen molar-refractivity contribution in [1.29, 1.82) is 0 Å². The molecule has 0 aromatic heterocycles. The van der Waals surface area contributed by atoms with Crippen molar-refractivity contribution in [1.82, 2.24) is 5.32 Å². The van der Waals surface area contributed by atoms with Crippen molar-refractivity contribution in [2.24, 2.45) is 0 Å². The van der Waals surface area contributed by atoms with Crippen molar-refractivity contribution in [3.05, 3.63) is 143 Å². The van der Waals surface area contributed by atoms with E-state index >= 15 is 0 Å². The smallest absolute Gasteiger partial charge is 0.325 e. The van der Waals surface area contributed by atoms with Crippen molar-refractivity contribution in [2.45, 2.75) is 23.2 Å². The lowest BCUT2D eigenvalue weighted by atomic mass is 10.0. The lowest BCUT2D eigenvalue weighted by molar-refractivity contribution is -0.137. The highest BCUT2D eigenvalue weighted by molar-refractivity contribution is 8.00. The first kappa shape index (κ1) is 33.3. The number of benzene rings is 5. The fourth-order valence-corrected chi connectivity index (χ4v) is 5.77. The van der Waals surface area contributed by atoms with E-state index in [-0.39, 0.29) is 10.7 Å². The molecule has 5 rings (SSSR count). The van der Waals surface area contributed by atoms with Crippen LogP contribution >= 0.6 is 23.4 Å². The Morgan fingerprint density at radius 3 is 2.28 bits per heavy atom. The monoisotopic (exact) mass is 673 g/mol. The Kier molecular flexibility index (Phi) is 10.3. The molecule has 6 nitrogen and oxygen atoms in total. The van der Waals surface area contributed by atoms with Crippen LogP contribution in [-0.4, -0.2) is 23.0 Å². The number of anilines is 2. The van der Waals surface area contributed by atoms with Crippen molar-refractivity contribution < 1.29 is 27.6 Å². The fraction of sp³-hybridized carbons (Fsp3) is 0.0833. The number of alkyl halides is 3. The second-order valence-corrected chi connectivity index (χ2v) is 12.2. The second-order valence-electron chi connectivity index (χ2n) is 10.4. The quantitative estimate of drug-likeness (QED) is 0.108. The fourth-order valence-electron chi connectivity index (χ4n) is 4.67. The van der Waals surface area contributed by atoms with Crippen molar-refractivity contribution in [3.8, 4) is 0 Å². The van der Waals surface area contributed by atoms with E-state index in [0.29, 0.717) is 16.1 Å². The van der Waals surface area contributed by atoms with Crippen LogP contribution < -0.4 is 16.0 Å². The largest absolute Gasteiger partial charge is 0.418 e. The summed E-state index contributed by atoms with van der Waals surface area (Å²) < 4.78 is 40.5. The second kappa shape index (κ2) is 14.6. The molecule has 0 aliphatic carbocycles. The van der Waals surface area contributed by atoms with E-state index in [9.17, 15) is 27.6 Å². The lowest BCUT2D eigenvalue weighted by Gasteiger charge is -2.17. The molecule has 0 spiro atoms. The van der Waals surface area contributed by atoms with Crippen LogP contribution in [0.15, 0.2) is 126 Å². The molecule has 0 aliphatic rings. The van der Waals surface area contributed by atoms with Crippen LogP contribution in [0.2, 0.25) is 5.02 Å². The minimum Gasteiger partial charge on any atom is -0.325 e. The molecule has 1 atom stereocenters. The predicted molar refractivity (Wildman–Crippen MR) is 181 cm³/mol. The van der Waals surface area contributed by atoms with E-state index in [1.165, 1.54) is 6.07 Å². The average molecular weight is 674 g/mol. The number of amides is 3. The maximum atomic E-state index is 13.6. The number of nitrogens with one attached hydrogen (secondary N) is 3. The summed E-state index contributed by atoms with van der Waals surface area (Å²) in [5.41, 5.74) is 0.0261. The van der Waals surface area contributed by atoms with Crippen molar-refractivity contribution in [3.63, 3.8) is 0 Å². The molecular formula is C36H27ClF3N3O3S. The Labute approximate surface area is 278 Å². The predicted octanol–water partition coefficient (Wildman–Crippen LogP) is 9.04. The lowest BCUT2D eigenvalue weighted by Crippen LogP contribution is -2.30. The van der Waals surface area contributed by atoms with Crippen LogP contribution in [0, 0.1) is 0 Å². The van der Waals surface area contributed by atoms with Crippen LogP contribution in [-0.2, 0) is 15.8 Å². The molecule has 0 fully saturated rings. The van der Waals surface area contributed by atoms with Gasteiger partial charge in [0.15, 0.2) is 0 Å². The van der Waals surface area contributed by atoms with Gasteiger partial charge in [0, 0.05) is 21.2 Å². The molecular weight excluding hydrogens is 647 g/mol. The van der Waals surface area contributed by atoms with Gasteiger partial charge in [-0.2, -0.15) is 13.2 Å². The van der Waals surface area contributed by atoms with Crippen LogP contribution in [0.4, 0.5) is 24.5 Å². The van der Waals surface area contributed by atoms with Gasteiger partial charge in [0.1, 0.15) is 5.70 Å². The Balaban J connectivity index is 1.35. The number of thioether (sulfide) groups is 1. The van der Waals surface area contributed by atoms with Gasteiger partial charge in [-0.3, -0.25) is 14.4 Å². The Morgan fingerprint density at radius 1 is 0.809 bits per heavy atom. The number of halogens is 4. The zero-order chi connectivity index (χ0) is 33.6. The Hall–Kier alpha value is -5.06. The highest BCUT2D eigenvalue weighted by Gasteiger charge is 2.34. The standard InChI is InChI=1S/C36H27ClF3N3O3S/c1-22(33(44)42-31-18-17-26(37)20-30(31)36(38,39)40)47-28-15-8-14-27(21-28)41-35(46)32(43-34(45)24-10-3-2-4-11-24)19-25-13-7-12-23-9-5-6-16-29(23)25/h2-22H,1H3,(H,41,46)(H,42,44)(H,43,45)/b32-19+. The summed E-state index contributed by atoms with van der Waals surface area (Å²) in [4.78, 5) is 40.2. The summed E-state index contributed by atoms with van der Waals surface area (Å²) in [7, 11) is 0. The van der Waals surface area contributed by atoms with Gasteiger partial charge in [-0.25, -0.2) is 0 Å². The molecule has 11 heteroatoms. The molecule has 0 aliphatic heterocycles. The molecule has 5 aromatic carbocycles. The summed E-state index contributed by atoms with van der Waals surface area (Å²) >= 11 is 6.84. The maximum Gasteiger partial charge on any atom is 0.418 e. The molecule has 0 bridgehead atoms. The number of rotatable bonds is 9. The minimum absolute atomic E-state index is 0.00411. The van der Waals surface area contributed by atoms with Crippen molar-refractivity contribution in [2.75, 3.05) is 10.6 Å². The number of carbonyl (C=O) groups excluding carboxylic acids is 3. The first-order valence-electron chi connectivity index (χ1n) is 14.3. The maximum absolute atomic E-state index is 13.6. The van der Waals surface area contributed by atoms with E-state index < -0.39 is 40.4 Å². The third kappa shape index (κ3) is 8.60. The SMILES string of the molecule is CC(Sc1cccc(NC(=O)/C(=C\c2cccc3ccccc23)NC(=O)c2ccccc2)c1)C(=O)Nc1ccc(Cl)cc1C(F)(F)F. The van der Waals surface area contributed by atoms with E-state index in [4.69, 9.17) is 11.6 Å². The van der Waals surface area contributed by atoms with Gasteiger partial charge in [0.25, 0.3) is 11.8 Å². The summed E-state index contributed by atoms with van der Waals surface area (Å²) in [6.45, 7) is 1.55.